The molecule has 24 heavy (non-hydrogen) atoms. The van der Waals surface area contributed by atoms with E-state index >= 15 is 0 Å². The average Bonchev–Trinajstić information content (AvgIpc) is 3.08. The van der Waals surface area contributed by atoms with E-state index in [0.717, 1.165) is 18.7 Å². The number of aromatic amines is 1. The molecule has 6 nitrogen and oxygen atoms in total. The predicted molar refractivity (Wildman–Crippen MR) is 92.8 cm³/mol. The predicted octanol–water partition coefficient (Wildman–Crippen LogP) is 2.24. The zero-order valence-electron chi connectivity index (χ0n) is 14.3. The molecule has 0 aliphatic heterocycles. The number of rotatable bonds is 5. The number of nitrogens with two attached hydrogens (primary N) is 1. The van der Waals surface area contributed by atoms with Gasteiger partial charge in [-0.3, -0.25) is 9.89 Å². The highest BCUT2D eigenvalue weighted by molar-refractivity contribution is 5.94. The number of carbonyl (C=O) groups is 1. The first kappa shape index (κ1) is 16.6. The van der Waals surface area contributed by atoms with Crippen molar-refractivity contribution in [1.82, 2.24) is 20.5 Å². The van der Waals surface area contributed by atoms with Crippen LogP contribution in [0.5, 0.6) is 0 Å². The number of hydrogen-bond donors (Lipinski definition) is 3. The minimum absolute atomic E-state index is 0.0957. The van der Waals surface area contributed by atoms with E-state index in [1.807, 2.05) is 26.0 Å². The summed E-state index contributed by atoms with van der Waals surface area (Å²) in [5.41, 5.74) is 9.12. The standard InChI is InChI=1S/C18H25N5O/c1-11(2)17-21-16(22-23-17)10-20-18(24)13-7-6-12-4-3-5-14(9-19)15(12)8-13/h6-8,11,14H,3-5,9-10,19H2,1-2H3,(H,20,24)(H,21,22,23). The molecule has 1 aromatic carbocycles. The van der Waals surface area contributed by atoms with Gasteiger partial charge in [0.25, 0.3) is 5.91 Å². The van der Waals surface area contributed by atoms with Crippen LogP contribution < -0.4 is 11.1 Å². The lowest BCUT2D eigenvalue weighted by molar-refractivity contribution is 0.0949. The Kier molecular flexibility index (Phi) is 4.94. The fraction of sp³-hybridized carbons (Fsp3) is 0.500. The Morgan fingerprint density at radius 3 is 3.00 bits per heavy atom. The number of benzene rings is 1. The molecule has 3 rings (SSSR count). The van der Waals surface area contributed by atoms with Gasteiger partial charge in [-0.1, -0.05) is 19.9 Å². The molecule has 0 saturated carbocycles. The number of aromatic nitrogens is 3. The molecule has 2 aromatic rings. The minimum Gasteiger partial charge on any atom is -0.345 e. The number of nitrogens with zero attached hydrogens (tertiary/aromatic N) is 2. The van der Waals surface area contributed by atoms with Crippen molar-refractivity contribution in [1.29, 1.82) is 0 Å². The van der Waals surface area contributed by atoms with Crippen molar-refractivity contribution >= 4 is 5.91 Å². The highest BCUT2D eigenvalue weighted by Gasteiger charge is 2.20. The largest absolute Gasteiger partial charge is 0.345 e. The second kappa shape index (κ2) is 7.13. The fourth-order valence-electron chi connectivity index (χ4n) is 3.20. The van der Waals surface area contributed by atoms with E-state index in [0.29, 0.717) is 30.4 Å². The molecule has 1 heterocycles. The number of carbonyl (C=O) groups excluding carboxylic acids is 1. The number of fused-ring (bicyclic) bond motifs is 1. The summed E-state index contributed by atoms with van der Waals surface area (Å²) in [5.74, 6) is 1.97. The molecular formula is C18H25N5O. The van der Waals surface area contributed by atoms with Crippen molar-refractivity contribution in [2.24, 2.45) is 5.73 Å². The SMILES string of the molecule is CC(C)c1n[nH]c(CNC(=O)c2ccc3c(c2)C(CN)CCC3)n1. The molecule has 0 bridgehead atoms. The van der Waals surface area contributed by atoms with Crippen LogP contribution in [0.25, 0.3) is 0 Å². The summed E-state index contributed by atoms with van der Waals surface area (Å²) in [6.07, 6.45) is 3.35. The summed E-state index contributed by atoms with van der Waals surface area (Å²) in [6, 6.07) is 5.96. The van der Waals surface area contributed by atoms with Gasteiger partial charge in [-0.15, -0.1) is 0 Å². The third-order valence-electron chi connectivity index (χ3n) is 4.61. The van der Waals surface area contributed by atoms with Crippen LogP contribution in [-0.4, -0.2) is 27.6 Å². The summed E-state index contributed by atoms with van der Waals surface area (Å²) in [6.45, 7) is 5.04. The van der Waals surface area contributed by atoms with Crippen LogP contribution in [0.3, 0.4) is 0 Å². The van der Waals surface area contributed by atoms with Gasteiger partial charge >= 0.3 is 0 Å². The average molecular weight is 327 g/mol. The van der Waals surface area contributed by atoms with Crippen molar-refractivity contribution in [3.05, 3.63) is 46.5 Å². The minimum atomic E-state index is -0.0957. The van der Waals surface area contributed by atoms with Crippen LogP contribution in [-0.2, 0) is 13.0 Å². The van der Waals surface area contributed by atoms with Gasteiger partial charge in [0.2, 0.25) is 0 Å². The molecule has 0 radical (unpaired) electrons. The van der Waals surface area contributed by atoms with E-state index in [2.05, 4.69) is 26.6 Å². The highest BCUT2D eigenvalue weighted by atomic mass is 16.1. The molecule has 128 valence electrons. The maximum Gasteiger partial charge on any atom is 0.251 e. The number of hydrogen-bond acceptors (Lipinski definition) is 4. The highest BCUT2D eigenvalue weighted by Crippen LogP contribution is 2.31. The molecule has 1 aliphatic carbocycles. The van der Waals surface area contributed by atoms with Crippen LogP contribution >= 0.6 is 0 Å². The Bertz CT molecular complexity index is 722. The van der Waals surface area contributed by atoms with Crippen LogP contribution in [0, 0.1) is 0 Å². The molecule has 4 N–H and O–H groups in total. The van der Waals surface area contributed by atoms with Crippen LogP contribution in [0.2, 0.25) is 0 Å². The Morgan fingerprint density at radius 2 is 2.29 bits per heavy atom. The van der Waals surface area contributed by atoms with Gasteiger partial charge in [0, 0.05) is 11.5 Å². The lowest BCUT2D eigenvalue weighted by Crippen LogP contribution is -2.25. The topological polar surface area (TPSA) is 96.7 Å². The van der Waals surface area contributed by atoms with Crippen LogP contribution in [0.15, 0.2) is 18.2 Å². The number of amides is 1. The molecule has 0 saturated heterocycles. The lowest BCUT2D eigenvalue weighted by Gasteiger charge is -2.24. The molecule has 6 heteroatoms. The molecule has 1 unspecified atom stereocenters. The van der Waals surface area contributed by atoms with Gasteiger partial charge in [-0.2, -0.15) is 5.10 Å². The molecule has 1 atom stereocenters. The molecule has 0 spiro atoms. The molecule has 1 aliphatic rings. The van der Waals surface area contributed by atoms with E-state index in [1.165, 1.54) is 17.5 Å². The number of H-pyrrole nitrogens is 1. The van der Waals surface area contributed by atoms with Gasteiger partial charge in [0.15, 0.2) is 5.82 Å². The fourth-order valence-corrected chi connectivity index (χ4v) is 3.20. The van der Waals surface area contributed by atoms with Crippen molar-refractivity contribution in [2.45, 2.75) is 51.5 Å². The van der Waals surface area contributed by atoms with Crippen LogP contribution in [0.1, 0.15) is 71.7 Å². The first-order chi connectivity index (χ1) is 11.6. The zero-order valence-corrected chi connectivity index (χ0v) is 14.3. The Morgan fingerprint density at radius 1 is 1.46 bits per heavy atom. The lowest BCUT2D eigenvalue weighted by atomic mass is 9.82. The Balaban J connectivity index is 1.68. The van der Waals surface area contributed by atoms with E-state index < -0.39 is 0 Å². The Labute approximate surface area is 142 Å². The van der Waals surface area contributed by atoms with Crippen molar-refractivity contribution in [3.63, 3.8) is 0 Å². The normalized spacial score (nSPS) is 16.9. The van der Waals surface area contributed by atoms with E-state index in [1.54, 1.807) is 0 Å². The van der Waals surface area contributed by atoms with Crippen molar-refractivity contribution in [3.8, 4) is 0 Å². The number of nitrogens with one attached hydrogen (secondary N) is 2. The Hall–Kier alpha value is -2.21. The van der Waals surface area contributed by atoms with Gasteiger partial charge in [-0.05, 0) is 55.0 Å². The van der Waals surface area contributed by atoms with E-state index in [9.17, 15) is 4.79 Å². The summed E-state index contributed by atoms with van der Waals surface area (Å²) in [7, 11) is 0. The van der Waals surface area contributed by atoms with Gasteiger partial charge < -0.3 is 11.1 Å². The zero-order chi connectivity index (χ0) is 17.1. The third-order valence-corrected chi connectivity index (χ3v) is 4.61. The molecule has 1 amide bonds. The maximum atomic E-state index is 12.4. The van der Waals surface area contributed by atoms with Crippen molar-refractivity contribution < 1.29 is 4.79 Å². The van der Waals surface area contributed by atoms with E-state index in [-0.39, 0.29) is 11.8 Å². The molecule has 0 fully saturated rings. The second-order valence-corrected chi connectivity index (χ2v) is 6.72. The summed E-state index contributed by atoms with van der Waals surface area (Å²) < 4.78 is 0. The summed E-state index contributed by atoms with van der Waals surface area (Å²) in [5, 5.41) is 9.91. The smallest absolute Gasteiger partial charge is 0.251 e. The second-order valence-electron chi connectivity index (χ2n) is 6.72. The van der Waals surface area contributed by atoms with Gasteiger partial charge in [0.1, 0.15) is 5.82 Å². The summed E-state index contributed by atoms with van der Waals surface area (Å²) in [4.78, 5) is 16.8. The van der Waals surface area contributed by atoms with Crippen molar-refractivity contribution in [2.75, 3.05) is 6.54 Å². The molecular weight excluding hydrogens is 302 g/mol. The first-order valence-electron chi connectivity index (χ1n) is 8.60. The monoisotopic (exact) mass is 327 g/mol. The number of aryl methyl sites for hydroxylation is 1. The molecule has 1 aromatic heterocycles. The van der Waals surface area contributed by atoms with Gasteiger partial charge in [0.05, 0.1) is 6.54 Å². The first-order valence-corrected chi connectivity index (χ1v) is 8.60. The quantitative estimate of drug-likeness (QED) is 0.784. The summed E-state index contributed by atoms with van der Waals surface area (Å²) >= 11 is 0. The van der Waals surface area contributed by atoms with Crippen LogP contribution in [0.4, 0.5) is 0 Å². The third kappa shape index (κ3) is 3.48. The maximum absolute atomic E-state index is 12.4. The van der Waals surface area contributed by atoms with Gasteiger partial charge in [-0.25, -0.2) is 4.98 Å². The van der Waals surface area contributed by atoms with E-state index in [4.69, 9.17) is 5.73 Å².